The molecule has 0 fully saturated rings. The fourth-order valence-electron chi connectivity index (χ4n) is 5.29. The molecule has 249 valence electrons. The Hall–Kier alpha value is -3.60. The van der Waals surface area contributed by atoms with E-state index in [1.165, 1.54) is 89.2 Å². The van der Waals surface area contributed by atoms with E-state index in [-0.39, 0.29) is 24.6 Å². The van der Waals surface area contributed by atoms with Gasteiger partial charge in [-0.15, -0.1) is 0 Å². The molecule has 0 saturated carbocycles. The summed E-state index contributed by atoms with van der Waals surface area (Å²) >= 11 is 0. The van der Waals surface area contributed by atoms with Crippen LogP contribution in [0.2, 0.25) is 0 Å². The van der Waals surface area contributed by atoms with Gasteiger partial charge in [-0.25, -0.2) is 0 Å². The lowest BCUT2D eigenvalue weighted by molar-refractivity contribution is -0.385. The Bertz CT molecular complexity index is 1240. The molecule has 0 heterocycles. The van der Waals surface area contributed by atoms with Crippen LogP contribution < -0.4 is 9.92 Å². The van der Waals surface area contributed by atoms with Crippen molar-refractivity contribution in [1.82, 2.24) is 0 Å². The fraction of sp³-hybridized carbons (Fsp3) is 0.500. The maximum atomic E-state index is 11.5. The second kappa shape index (κ2) is 22.0. The van der Waals surface area contributed by atoms with E-state index in [1.54, 1.807) is 36.4 Å². The Kier molecular flexibility index (Phi) is 17.6. The molecule has 0 aliphatic rings. The number of nitrogens with zero attached hydrogens (tertiary/aromatic N) is 2. The zero-order valence-electron chi connectivity index (χ0n) is 27.2. The van der Waals surface area contributed by atoms with Crippen molar-refractivity contribution in [3.63, 3.8) is 0 Å². The predicted molar refractivity (Wildman–Crippen MR) is 183 cm³/mol. The average Bonchev–Trinajstić information content (AvgIpc) is 3.07. The fourth-order valence-corrected chi connectivity index (χ4v) is 6.72. The topological polar surface area (TPSA) is 114 Å². The van der Waals surface area contributed by atoms with Crippen LogP contribution in [0, 0.1) is 20.2 Å². The molecular formula is C36H49N2O7Si. The molecule has 0 amide bonds. The first-order valence-corrected chi connectivity index (χ1v) is 18.1. The minimum Gasteiger partial charge on any atom is -0.494 e. The van der Waals surface area contributed by atoms with E-state index in [0.717, 1.165) is 23.8 Å². The van der Waals surface area contributed by atoms with Crippen molar-refractivity contribution >= 4 is 25.8 Å². The van der Waals surface area contributed by atoms with Crippen LogP contribution in [0.25, 0.3) is 0 Å². The van der Waals surface area contributed by atoms with E-state index in [2.05, 4.69) is 6.92 Å². The van der Waals surface area contributed by atoms with Crippen LogP contribution in [0.4, 0.5) is 11.4 Å². The Labute approximate surface area is 275 Å². The molecule has 46 heavy (non-hydrogen) atoms. The Morgan fingerprint density at radius 2 is 0.978 bits per heavy atom. The molecule has 0 unspecified atom stereocenters. The molecule has 0 aliphatic heterocycles. The molecule has 3 rings (SSSR count). The van der Waals surface area contributed by atoms with Crippen molar-refractivity contribution in [2.75, 3.05) is 6.61 Å². The number of rotatable bonds is 25. The third-order valence-electron chi connectivity index (χ3n) is 7.95. The number of para-hydroxylation sites is 2. The van der Waals surface area contributed by atoms with Gasteiger partial charge in [0.1, 0.15) is 5.75 Å². The zero-order chi connectivity index (χ0) is 32.8. The van der Waals surface area contributed by atoms with Gasteiger partial charge in [0.05, 0.1) is 40.8 Å². The summed E-state index contributed by atoms with van der Waals surface area (Å²) in [6.45, 7) is 2.86. The van der Waals surface area contributed by atoms with Gasteiger partial charge in [0.2, 0.25) is 0 Å². The molecule has 1 radical (unpaired) electrons. The van der Waals surface area contributed by atoms with E-state index < -0.39 is 19.1 Å². The van der Waals surface area contributed by atoms with Gasteiger partial charge in [0, 0.05) is 12.1 Å². The van der Waals surface area contributed by atoms with Crippen LogP contribution in [0.1, 0.15) is 108 Å². The second-order valence-corrected chi connectivity index (χ2v) is 13.3. The maximum Gasteiger partial charge on any atom is 0.424 e. The van der Waals surface area contributed by atoms with Gasteiger partial charge >= 0.3 is 9.28 Å². The molecule has 0 aromatic heterocycles. The van der Waals surface area contributed by atoms with Gasteiger partial charge in [-0.3, -0.25) is 20.2 Å². The van der Waals surface area contributed by atoms with Gasteiger partial charge < -0.3 is 13.6 Å². The number of nitro groups is 2. The summed E-state index contributed by atoms with van der Waals surface area (Å²) in [5.41, 5.74) is 0.791. The standard InChI is InChI=1S/C36H49N2O7Si/c1-2-3-4-5-6-7-8-9-10-11-12-13-14-19-28-43-33-24-26-34(27-25-33)46(44-29-31-20-15-17-22-35(31)37(39)40)45-30-32-21-16-18-23-36(32)38(41)42/h15-18,20-27H,2-14,19,28-30H2,1H3. The average molecular weight is 650 g/mol. The highest BCUT2D eigenvalue weighted by Crippen LogP contribution is 2.22. The lowest BCUT2D eigenvalue weighted by atomic mass is 10.0. The summed E-state index contributed by atoms with van der Waals surface area (Å²) in [5, 5.41) is 23.7. The van der Waals surface area contributed by atoms with Crippen molar-refractivity contribution in [2.45, 2.75) is 110 Å². The van der Waals surface area contributed by atoms with Gasteiger partial charge in [0.25, 0.3) is 11.4 Å². The summed E-state index contributed by atoms with van der Waals surface area (Å²) in [6.07, 6.45) is 18.4. The first-order valence-electron chi connectivity index (χ1n) is 16.8. The molecular weight excluding hydrogens is 600 g/mol. The van der Waals surface area contributed by atoms with E-state index in [4.69, 9.17) is 13.6 Å². The second-order valence-electron chi connectivity index (χ2n) is 11.6. The largest absolute Gasteiger partial charge is 0.494 e. The van der Waals surface area contributed by atoms with Crippen LogP contribution in [0.5, 0.6) is 5.75 Å². The third-order valence-corrected chi connectivity index (χ3v) is 9.57. The molecule has 0 aliphatic carbocycles. The Morgan fingerprint density at radius 1 is 0.565 bits per heavy atom. The number of ether oxygens (including phenoxy) is 1. The maximum absolute atomic E-state index is 11.5. The summed E-state index contributed by atoms with van der Waals surface area (Å²) in [6, 6.07) is 20.3. The van der Waals surface area contributed by atoms with Gasteiger partial charge in [-0.1, -0.05) is 127 Å². The monoisotopic (exact) mass is 649 g/mol. The van der Waals surface area contributed by atoms with Crippen LogP contribution >= 0.6 is 0 Å². The summed E-state index contributed by atoms with van der Waals surface area (Å²) < 4.78 is 18.2. The number of unbranched alkanes of at least 4 members (excludes halogenated alkanes) is 13. The Balaban J connectivity index is 1.43. The first-order chi connectivity index (χ1) is 22.5. The number of benzene rings is 3. The predicted octanol–water partition coefficient (Wildman–Crippen LogP) is 9.49. The smallest absolute Gasteiger partial charge is 0.424 e. The Morgan fingerprint density at radius 3 is 1.41 bits per heavy atom. The molecule has 3 aromatic rings. The lowest BCUT2D eigenvalue weighted by Gasteiger charge is -2.17. The van der Waals surface area contributed by atoms with Crippen LogP contribution in [0.3, 0.4) is 0 Å². The van der Waals surface area contributed by atoms with Crippen LogP contribution in [-0.2, 0) is 22.1 Å². The third kappa shape index (κ3) is 13.8. The first kappa shape index (κ1) is 36.9. The van der Waals surface area contributed by atoms with Gasteiger partial charge in [-0.2, -0.15) is 0 Å². The molecule has 0 atom stereocenters. The van der Waals surface area contributed by atoms with Gasteiger partial charge in [-0.05, 0) is 35.9 Å². The van der Waals surface area contributed by atoms with Crippen LogP contribution in [-0.4, -0.2) is 25.7 Å². The van der Waals surface area contributed by atoms with Crippen LogP contribution in [0.15, 0.2) is 72.8 Å². The quantitative estimate of drug-likeness (QED) is 0.0389. The molecule has 3 aromatic carbocycles. The highest BCUT2D eigenvalue weighted by atomic mass is 28.3. The highest BCUT2D eigenvalue weighted by Gasteiger charge is 2.24. The highest BCUT2D eigenvalue weighted by molar-refractivity contribution is 6.61. The summed E-state index contributed by atoms with van der Waals surface area (Å²) in [4.78, 5) is 22.1. The van der Waals surface area contributed by atoms with Gasteiger partial charge in [0.15, 0.2) is 0 Å². The minimum atomic E-state index is -2.17. The number of hydrogen-bond acceptors (Lipinski definition) is 7. The number of hydrogen-bond donors (Lipinski definition) is 0. The van der Waals surface area contributed by atoms with E-state index in [9.17, 15) is 20.2 Å². The van der Waals surface area contributed by atoms with Crippen molar-refractivity contribution in [2.24, 2.45) is 0 Å². The van der Waals surface area contributed by atoms with E-state index in [0.29, 0.717) is 17.7 Å². The van der Waals surface area contributed by atoms with Crippen molar-refractivity contribution in [3.05, 3.63) is 104 Å². The van der Waals surface area contributed by atoms with E-state index >= 15 is 0 Å². The minimum absolute atomic E-state index is 0.0281. The molecule has 0 N–H and O–H groups in total. The van der Waals surface area contributed by atoms with Crippen molar-refractivity contribution in [3.8, 4) is 5.75 Å². The SMILES string of the molecule is CCCCCCCCCCCCCCCCOc1ccc([Si](OCc2ccccc2[N+](=O)[O-])OCc2ccccc2[N+](=O)[O-])cc1. The lowest BCUT2D eigenvalue weighted by Crippen LogP contribution is -2.36. The number of nitro benzene ring substituents is 2. The van der Waals surface area contributed by atoms with E-state index in [1.807, 2.05) is 24.3 Å². The molecule has 0 bridgehead atoms. The molecule has 9 nitrogen and oxygen atoms in total. The van der Waals surface area contributed by atoms with Crippen molar-refractivity contribution < 1.29 is 23.4 Å². The zero-order valence-corrected chi connectivity index (χ0v) is 28.2. The molecule has 0 spiro atoms. The summed E-state index contributed by atoms with van der Waals surface area (Å²) in [7, 11) is -2.17. The summed E-state index contributed by atoms with van der Waals surface area (Å²) in [5.74, 6) is 0.747. The normalized spacial score (nSPS) is 11.2. The van der Waals surface area contributed by atoms with Crippen molar-refractivity contribution in [1.29, 1.82) is 0 Å². The molecule has 10 heteroatoms. The molecule has 0 saturated heterocycles.